The maximum Gasteiger partial charge on any atom is 0.160 e. The van der Waals surface area contributed by atoms with Crippen molar-refractivity contribution in [3.63, 3.8) is 0 Å². The van der Waals surface area contributed by atoms with Crippen LogP contribution in [0.4, 0.5) is 0 Å². The van der Waals surface area contributed by atoms with Crippen LogP contribution in [0.1, 0.15) is 0 Å². The smallest absolute Gasteiger partial charge is 0.160 e. The Kier molecular flexibility index (Phi) is 16.4. The summed E-state index contributed by atoms with van der Waals surface area (Å²) in [5, 5.41) is 20.7. The van der Waals surface area contributed by atoms with Crippen molar-refractivity contribution < 1.29 is 0 Å². The van der Waals surface area contributed by atoms with Gasteiger partial charge >= 0.3 is 0 Å². The van der Waals surface area contributed by atoms with Gasteiger partial charge < -0.3 is 0 Å². The largest absolute Gasteiger partial charge is 0.231 e. The van der Waals surface area contributed by atoms with Crippen LogP contribution in [0.2, 0.25) is 0 Å². The molecule has 0 aliphatic rings. The van der Waals surface area contributed by atoms with E-state index in [1.54, 1.807) is 0 Å². The fourth-order valence-electron chi connectivity index (χ4n) is 15.9. The summed E-state index contributed by atoms with van der Waals surface area (Å²) in [6.45, 7) is 0. The fourth-order valence-corrected chi connectivity index (χ4v) is 18.1. The van der Waals surface area contributed by atoms with Gasteiger partial charge in [-0.1, -0.05) is 322 Å². The second kappa shape index (κ2) is 28.0. The molecule has 0 radical (unpaired) electrons. The minimum Gasteiger partial charge on any atom is -0.231 e. The van der Waals surface area contributed by atoms with Crippen molar-refractivity contribution in [1.29, 1.82) is 0 Å². The third-order valence-electron chi connectivity index (χ3n) is 21.2. The zero-order valence-electron chi connectivity index (χ0n) is 60.3. The summed E-state index contributed by atoms with van der Waals surface area (Å²) in [4.78, 5) is 20.8. The minimum absolute atomic E-state index is 0.690. The molecular formula is C102H64N8S2. The Bertz CT molecular complexity index is 7350. The fraction of sp³-hybridized carbons (Fsp3) is 0. The van der Waals surface area contributed by atoms with Gasteiger partial charge in [0, 0.05) is 118 Å². The van der Waals surface area contributed by atoms with Crippen molar-refractivity contribution in [2.75, 3.05) is 0 Å². The molecule has 0 bridgehead atoms. The first kappa shape index (κ1) is 65.8. The molecule has 10 heteroatoms. The van der Waals surface area contributed by atoms with Gasteiger partial charge in [0.15, 0.2) is 11.6 Å². The number of fused-ring (bicyclic) bond motifs is 12. The van der Waals surface area contributed by atoms with Crippen LogP contribution in [0.25, 0.3) is 208 Å². The average Bonchev–Trinajstić information content (AvgIpc) is 1.55. The number of hydrogen-bond donors (Lipinski definition) is 0. The molecule has 8 aromatic heterocycles. The van der Waals surface area contributed by atoms with Crippen LogP contribution in [0, 0.1) is 0 Å². The maximum absolute atomic E-state index is 5.48. The number of benzene rings is 14. The summed E-state index contributed by atoms with van der Waals surface area (Å²) in [6.07, 6.45) is 0. The van der Waals surface area contributed by atoms with Gasteiger partial charge in [-0.3, -0.25) is 0 Å². The van der Waals surface area contributed by atoms with Crippen LogP contribution in [-0.4, -0.2) is 39.2 Å². The average molecular weight is 1470 g/mol. The van der Waals surface area contributed by atoms with Gasteiger partial charge in [0.05, 0.1) is 45.2 Å². The number of thiophene rings is 2. The van der Waals surface area contributed by atoms with E-state index >= 15 is 0 Å². The lowest BCUT2D eigenvalue weighted by molar-refractivity contribution is 0.979. The van der Waals surface area contributed by atoms with Crippen molar-refractivity contribution in [2.24, 2.45) is 0 Å². The van der Waals surface area contributed by atoms with E-state index < -0.39 is 0 Å². The SMILES string of the molecule is c1ccc(-c2nc(-c3cccc(-c4nn5c(-c6ccccc6)cc6ccccc6c5c4-c4ccccc4)c3)cc(-c3ccc4c(c3)sc3ccccc34)n2)cc1.c1ccc(-c2nc(-c3cccc(-c4nn5c(-c6ccccc6)cc6ccccc6c5c4-c4ccccc4)c3)cc(-c3ccc4sc5ccccc5c4c3)n2)cc1. The summed E-state index contributed by atoms with van der Waals surface area (Å²) < 4.78 is 9.37. The molecule has 8 heterocycles. The zero-order valence-corrected chi connectivity index (χ0v) is 62.0. The molecule has 0 saturated carbocycles. The predicted octanol–water partition coefficient (Wildman–Crippen LogP) is 27.3. The summed E-state index contributed by atoms with van der Waals surface area (Å²) >= 11 is 3.65. The van der Waals surface area contributed by atoms with Crippen molar-refractivity contribution in [3.05, 3.63) is 388 Å². The monoisotopic (exact) mass is 1460 g/mol. The molecule has 22 rings (SSSR count). The van der Waals surface area contributed by atoms with E-state index in [1.807, 2.05) is 59.1 Å². The first-order chi connectivity index (χ1) is 55.5. The van der Waals surface area contributed by atoms with Crippen LogP contribution in [0.15, 0.2) is 388 Å². The molecule has 0 aliphatic carbocycles. The quantitative estimate of drug-likeness (QED) is 0.121. The van der Waals surface area contributed by atoms with E-state index in [1.165, 1.54) is 51.1 Å². The third kappa shape index (κ3) is 11.9. The van der Waals surface area contributed by atoms with Crippen LogP contribution in [0.3, 0.4) is 0 Å². The first-order valence-corrected chi connectivity index (χ1v) is 39.2. The van der Waals surface area contributed by atoms with Gasteiger partial charge in [-0.05, 0) is 88.6 Å². The molecule has 14 aromatic carbocycles. The van der Waals surface area contributed by atoms with Gasteiger partial charge in [0.1, 0.15) is 11.4 Å². The van der Waals surface area contributed by atoms with Gasteiger partial charge in [-0.2, -0.15) is 10.2 Å². The minimum atomic E-state index is 0.690. The standard InChI is InChI=1S/2C51H32N4S/c1-4-15-33(16-5-1)45-31-36-21-10-11-24-40(36)50-48(34-17-6-2-7-18-34)49(54-55(45)50)39-23-14-22-37(29-39)43-32-44(53-51(52-43)35-19-8-3-9-20-35)38-27-28-47-42(30-38)41-25-12-13-26-46(41)56-47;1-4-15-33(16-5-1)45-30-36-21-10-11-24-40(36)50-48(34-17-6-2-7-18-34)49(54-55(45)50)39-23-14-22-37(29-39)43-32-44(53-51(52-43)35-19-8-3-9-20-35)38-27-28-42-41-25-12-13-26-46(41)56-47(42)31-38/h2*1-32H. The van der Waals surface area contributed by atoms with Crippen LogP contribution >= 0.6 is 22.7 Å². The van der Waals surface area contributed by atoms with Crippen molar-refractivity contribution in [1.82, 2.24) is 39.2 Å². The van der Waals surface area contributed by atoms with E-state index in [0.717, 1.165) is 145 Å². The lowest BCUT2D eigenvalue weighted by Crippen LogP contribution is -1.96. The highest BCUT2D eigenvalue weighted by Crippen LogP contribution is 2.46. The molecule has 0 amide bonds. The van der Waals surface area contributed by atoms with E-state index in [4.69, 9.17) is 30.1 Å². The Morgan fingerprint density at radius 2 is 0.518 bits per heavy atom. The molecule has 0 saturated heterocycles. The first-order valence-electron chi connectivity index (χ1n) is 37.5. The molecule has 0 spiro atoms. The molecule has 112 heavy (non-hydrogen) atoms. The van der Waals surface area contributed by atoms with Crippen molar-refractivity contribution in [3.8, 4) is 135 Å². The zero-order chi connectivity index (χ0) is 74.0. The molecule has 524 valence electrons. The second-order valence-electron chi connectivity index (χ2n) is 28.1. The van der Waals surface area contributed by atoms with Crippen LogP contribution in [-0.2, 0) is 0 Å². The van der Waals surface area contributed by atoms with Crippen LogP contribution < -0.4 is 0 Å². The highest BCUT2D eigenvalue weighted by molar-refractivity contribution is 7.26. The second-order valence-corrected chi connectivity index (χ2v) is 30.3. The van der Waals surface area contributed by atoms with Gasteiger partial charge in [0.25, 0.3) is 0 Å². The molecule has 0 unspecified atom stereocenters. The highest BCUT2D eigenvalue weighted by Gasteiger charge is 2.26. The van der Waals surface area contributed by atoms with Gasteiger partial charge in [-0.25, -0.2) is 29.0 Å². The molecule has 0 atom stereocenters. The summed E-state index contributed by atoms with van der Waals surface area (Å²) in [5.74, 6) is 1.38. The Balaban J connectivity index is 0.000000141. The molecule has 0 N–H and O–H groups in total. The normalized spacial score (nSPS) is 11.6. The van der Waals surface area contributed by atoms with Crippen LogP contribution in [0.5, 0.6) is 0 Å². The van der Waals surface area contributed by atoms with E-state index in [9.17, 15) is 0 Å². The topological polar surface area (TPSA) is 86.2 Å². The molecule has 0 fully saturated rings. The summed E-state index contributed by atoms with van der Waals surface area (Å²) in [6, 6.07) is 137. The Morgan fingerprint density at radius 1 is 0.196 bits per heavy atom. The van der Waals surface area contributed by atoms with Crippen molar-refractivity contribution in [2.45, 2.75) is 0 Å². The van der Waals surface area contributed by atoms with E-state index in [-0.39, 0.29) is 0 Å². The Labute approximate surface area is 653 Å². The molecule has 22 aromatic rings. The predicted molar refractivity (Wildman–Crippen MR) is 468 cm³/mol. The lowest BCUT2D eigenvalue weighted by Gasteiger charge is -2.11. The number of rotatable bonds is 12. The highest BCUT2D eigenvalue weighted by atomic mass is 32.1. The third-order valence-corrected chi connectivity index (χ3v) is 23.5. The molecular weight excluding hydrogens is 1400 g/mol. The van der Waals surface area contributed by atoms with Gasteiger partial charge in [0.2, 0.25) is 0 Å². The summed E-state index contributed by atoms with van der Waals surface area (Å²) in [7, 11) is 0. The molecule has 0 aliphatic heterocycles. The molecule has 8 nitrogen and oxygen atoms in total. The van der Waals surface area contributed by atoms with E-state index in [2.05, 4.69) is 361 Å². The van der Waals surface area contributed by atoms with Crippen molar-refractivity contribution >= 4 is 95.6 Å². The number of aromatic nitrogens is 8. The number of hydrogen-bond acceptors (Lipinski definition) is 8. The van der Waals surface area contributed by atoms with E-state index in [0.29, 0.717) is 11.6 Å². The number of nitrogens with zero attached hydrogens (tertiary/aromatic N) is 8. The Morgan fingerprint density at radius 3 is 0.973 bits per heavy atom. The summed E-state index contributed by atoms with van der Waals surface area (Å²) in [5.41, 5.74) is 24.3. The Hall–Kier alpha value is -14.4. The lowest BCUT2D eigenvalue weighted by atomic mass is 9.95. The van der Waals surface area contributed by atoms with Gasteiger partial charge in [-0.15, -0.1) is 22.7 Å². The number of pyridine rings is 2. The maximum atomic E-state index is 5.48.